The van der Waals surface area contributed by atoms with Crippen LogP contribution in [0.4, 0.5) is 17.1 Å². The Morgan fingerprint density at radius 3 is 2.33 bits per heavy atom. The van der Waals surface area contributed by atoms with Gasteiger partial charge in [-0.15, -0.1) is 0 Å². The van der Waals surface area contributed by atoms with Gasteiger partial charge < -0.3 is 10.2 Å². The molecule has 0 aromatic heterocycles. The smallest absolute Gasteiger partial charge is 0.269 e. The fraction of sp³-hybridized carbons (Fsp3) is 0.147. The van der Waals surface area contributed by atoms with Crippen molar-refractivity contribution in [3.63, 3.8) is 0 Å². The predicted molar refractivity (Wildman–Crippen MR) is 164 cm³/mol. The van der Waals surface area contributed by atoms with Gasteiger partial charge in [-0.05, 0) is 54.5 Å². The first-order valence-electron chi connectivity index (χ1n) is 13.8. The van der Waals surface area contributed by atoms with Gasteiger partial charge in [0.05, 0.1) is 21.9 Å². The van der Waals surface area contributed by atoms with Crippen molar-refractivity contribution >= 4 is 51.7 Å². The number of carbonyl (C=O) groups is 3. The summed E-state index contributed by atoms with van der Waals surface area (Å²) in [5, 5.41) is 14.6. The van der Waals surface area contributed by atoms with Gasteiger partial charge in [-0.25, -0.2) is 0 Å². The van der Waals surface area contributed by atoms with Crippen LogP contribution in [0.15, 0.2) is 103 Å². The molecule has 1 fully saturated rings. The maximum absolute atomic E-state index is 14.9. The van der Waals surface area contributed by atoms with E-state index < -0.39 is 39.9 Å². The molecule has 4 aromatic carbocycles. The zero-order valence-corrected chi connectivity index (χ0v) is 23.6. The average Bonchev–Trinajstić information content (AvgIpc) is 3.49. The molecule has 3 aliphatic rings. The minimum atomic E-state index is -1.48. The third-order valence-electron chi connectivity index (χ3n) is 8.94. The summed E-state index contributed by atoms with van der Waals surface area (Å²) >= 11 is 6.58. The van der Waals surface area contributed by atoms with Crippen LogP contribution in [0, 0.1) is 16.0 Å². The van der Waals surface area contributed by atoms with Gasteiger partial charge in [0, 0.05) is 40.2 Å². The van der Waals surface area contributed by atoms with Crippen LogP contribution < -0.4 is 10.2 Å². The minimum Gasteiger partial charge on any atom is -0.352 e. The number of amides is 1. The molecule has 1 amide bonds. The van der Waals surface area contributed by atoms with E-state index in [4.69, 9.17) is 11.6 Å². The first-order valence-corrected chi connectivity index (χ1v) is 14.2. The maximum Gasteiger partial charge on any atom is 0.269 e. The van der Waals surface area contributed by atoms with Crippen LogP contribution in [0.5, 0.6) is 0 Å². The van der Waals surface area contributed by atoms with Crippen molar-refractivity contribution in [3.8, 4) is 0 Å². The van der Waals surface area contributed by atoms with E-state index in [1.807, 2.05) is 60.4 Å². The maximum atomic E-state index is 14.9. The number of rotatable bonds is 5. The predicted octanol–water partition coefficient (Wildman–Crippen LogP) is 6.49. The van der Waals surface area contributed by atoms with Crippen molar-refractivity contribution in [2.45, 2.75) is 24.4 Å². The lowest BCUT2D eigenvalue weighted by Crippen LogP contribution is -2.51. The van der Waals surface area contributed by atoms with Crippen molar-refractivity contribution in [3.05, 3.63) is 141 Å². The van der Waals surface area contributed by atoms with E-state index in [-0.39, 0.29) is 27.7 Å². The fourth-order valence-electron chi connectivity index (χ4n) is 7.13. The lowest BCUT2D eigenvalue weighted by Gasteiger charge is -2.39. The van der Waals surface area contributed by atoms with Crippen LogP contribution in [0.2, 0.25) is 5.02 Å². The molecule has 8 nitrogen and oxygen atoms in total. The van der Waals surface area contributed by atoms with Gasteiger partial charge in [0.25, 0.3) is 5.69 Å². The Morgan fingerprint density at radius 2 is 1.58 bits per heavy atom. The Labute approximate surface area is 251 Å². The summed E-state index contributed by atoms with van der Waals surface area (Å²) in [5.41, 5.74) is 2.49. The standard InChI is InChI=1S/C34H24ClN3O5/c1-19-18-28-34(24-10-4-6-12-26(24)36-33(34)41)29(32(40)23-9-2-5-11-25(23)35)30(37(28)27-13-7-3-8-22(19)27)31(39)20-14-16-21(17-15-20)38(42)43/h2-18,28-30H,1H3,(H,36,41)/t28-,29+,30-,34-/m1/s1. The first kappa shape index (κ1) is 26.8. The highest BCUT2D eigenvalue weighted by Gasteiger charge is 2.70. The second kappa shape index (κ2) is 9.74. The number of hydrogen-bond donors (Lipinski definition) is 1. The highest BCUT2D eigenvalue weighted by molar-refractivity contribution is 6.34. The van der Waals surface area contributed by atoms with E-state index in [0.717, 1.165) is 16.8 Å². The summed E-state index contributed by atoms with van der Waals surface area (Å²) in [6.07, 6.45) is 1.97. The Bertz CT molecular complexity index is 1900. The SMILES string of the molecule is CC1=C[C@H]2N(c3ccccc31)[C@@H](C(=O)c1ccc([N+](=O)[O-])cc1)[C@@H](C(=O)c1ccccc1Cl)[C@]21C(=O)Nc2ccccc21. The molecule has 212 valence electrons. The molecule has 1 spiro atoms. The molecular formula is C34H24ClN3O5. The topological polar surface area (TPSA) is 110 Å². The Kier molecular flexibility index (Phi) is 6.07. The third-order valence-corrected chi connectivity index (χ3v) is 9.27. The van der Waals surface area contributed by atoms with E-state index in [1.54, 1.807) is 30.3 Å². The number of anilines is 2. The van der Waals surface area contributed by atoms with Gasteiger partial charge in [-0.1, -0.05) is 66.2 Å². The number of non-ortho nitro benzene ring substituents is 1. The van der Waals surface area contributed by atoms with Crippen molar-refractivity contribution in [1.29, 1.82) is 0 Å². The van der Waals surface area contributed by atoms with Gasteiger partial charge >= 0.3 is 0 Å². The van der Waals surface area contributed by atoms with Crippen LogP contribution in [0.3, 0.4) is 0 Å². The number of nitrogens with zero attached hydrogens (tertiary/aromatic N) is 2. The number of halogens is 1. The van der Waals surface area contributed by atoms with E-state index in [2.05, 4.69) is 5.32 Å². The summed E-state index contributed by atoms with van der Waals surface area (Å²) in [4.78, 5) is 56.7. The van der Waals surface area contributed by atoms with Crippen LogP contribution in [-0.2, 0) is 10.2 Å². The normalized spacial score (nSPS) is 23.2. The molecule has 7 rings (SSSR count). The molecule has 0 aliphatic carbocycles. The second-order valence-electron chi connectivity index (χ2n) is 11.0. The summed E-state index contributed by atoms with van der Waals surface area (Å²) in [7, 11) is 0. The lowest BCUT2D eigenvalue weighted by atomic mass is 9.64. The van der Waals surface area contributed by atoms with Gasteiger partial charge in [0.2, 0.25) is 5.91 Å². The molecule has 9 heteroatoms. The number of hydrogen-bond acceptors (Lipinski definition) is 6. The molecule has 4 aromatic rings. The van der Waals surface area contributed by atoms with E-state index in [0.29, 0.717) is 11.3 Å². The summed E-state index contributed by atoms with van der Waals surface area (Å²) in [5.74, 6) is -2.44. The third kappa shape index (κ3) is 3.73. The molecule has 43 heavy (non-hydrogen) atoms. The van der Waals surface area contributed by atoms with Crippen molar-refractivity contribution in [1.82, 2.24) is 0 Å². The van der Waals surface area contributed by atoms with Crippen LogP contribution in [-0.4, -0.2) is 34.5 Å². The number of benzene rings is 4. The largest absolute Gasteiger partial charge is 0.352 e. The van der Waals surface area contributed by atoms with Crippen molar-refractivity contribution in [2.24, 2.45) is 5.92 Å². The van der Waals surface area contributed by atoms with Crippen molar-refractivity contribution < 1.29 is 19.3 Å². The number of Topliss-reactive ketones (excluding diaryl/α,β-unsaturated/α-hetero) is 2. The Balaban J connectivity index is 1.54. The number of ketones is 2. The molecular weight excluding hydrogens is 566 g/mol. The molecule has 3 aliphatic heterocycles. The number of carbonyl (C=O) groups excluding carboxylic acids is 3. The molecule has 0 saturated carbocycles. The monoisotopic (exact) mass is 589 g/mol. The highest BCUT2D eigenvalue weighted by atomic mass is 35.5. The molecule has 0 bridgehead atoms. The number of nitrogens with one attached hydrogen (secondary N) is 1. The average molecular weight is 590 g/mol. The molecule has 0 unspecified atom stereocenters. The zero-order chi connectivity index (χ0) is 30.0. The quantitative estimate of drug-likeness (QED) is 0.162. The lowest BCUT2D eigenvalue weighted by molar-refractivity contribution is -0.384. The van der Waals surface area contributed by atoms with Crippen molar-refractivity contribution in [2.75, 3.05) is 10.2 Å². The van der Waals surface area contributed by atoms with E-state index in [1.165, 1.54) is 24.3 Å². The Hall–Kier alpha value is -5.08. The van der Waals surface area contributed by atoms with E-state index in [9.17, 15) is 24.5 Å². The molecule has 1 N–H and O–H groups in total. The molecule has 3 heterocycles. The number of nitro groups is 1. The van der Waals surface area contributed by atoms with Gasteiger partial charge in [0.1, 0.15) is 11.5 Å². The van der Waals surface area contributed by atoms with E-state index >= 15 is 0 Å². The van der Waals surface area contributed by atoms with Crippen LogP contribution in [0.1, 0.15) is 38.8 Å². The zero-order valence-electron chi connectivity index (χ0n) is 22.9. The molecule has 0 radical (unpaired) electrons. The van der Waals surface area contributed by atoms with Gasteiger partial charge in [-0.3, -0.25) is 24.5 Å². The Morgan fingerprint density at radius 1 is 0.907 bits per heavy atom. The second-order valence-corrected chi connectivity index (χ2v) is 11.4. The highest BCUT2D eigenvalue weighted by Crippen LogP contribution is 2.59. The number of nitro benzene ring substituents is 1. The van der Waals surface area contributed by atoms with Crippen LogP contribution >= 0.6 is 11.6 Å². The summed E-state index contributed by atoms with van der Waals surface area (Å²) in [6.45, 7) is 1.96. The first-order chi connectivity index (χ1) is 20.7. The number of para-hydroxylation sites is 2. The van der Waals surface area contributed by atoms with Gasteiger partial charge in [-0.2, -0.15) is 0 Å². The minimum absolute atomic E-state index is 0.160. The number of allylic oxidation sites excluding steroid dienone is 1. The fourth-order valence-corrected chi connectivity index (χ4v) is 7.36. The molecule has 1 saturated heterocycles. The number of fused-ring (bicyclic) bond motifs is 6. The van der Waals surface area contributed by atoms with Gasteiger partial charge in [0.15, 0.2) is 11.6 Å². The van der Waals surface area contributed by atoms with Crippen LogP contribution in [0.25, 0.3) is 5.57 Å². The molecule has 4 atom stereocenters. The summed E-state index contributed by atoms with van der Waals surface area (Å²) in [6, 6.07) is 25.0. The summed E-state index contributed by atoms with van der Waals surface area (Å²) < 4.78 is 0.